The molecule has 0 amide bonds. The quantitative estimate of drug-likeness (QED) is 0.806. The normalized spacial score (nSPS) is 12.3. The standard InChI is InChI=1S/C14H10Br2F2O2/c1-20-12-3-2-7(4-9(12)16)14(19)13-10(17)5-8(15)6-11(13)18/h2-6,14,19H,1H3. The molecule has 0 aliphatic carbocycles. The number of ether oxygens (including phenoxy) is 1. The molecule has 2 aromatic rings. The number of aliphatic hydroxyl groups is 1. The maximum absolute atomic E-state index is 13.8. The second kappa shape index (κ2) is 6.20. The van der Waals surface area contributed by atoms with Gasteiger partial charge in [-0.3, -0.25) is 0 Å². The molecule has 0 radical (unpaired) electrons. The highest BCUT2D eigenvalue weighted by Gasteiger charge is 2.21. The van der Waals surface area contributed by atoms with Crippen LogP contribution in [-0.4, -0.2) is 12.2 Å². The molecule has 2 rings (SSSR count). The van der Waals surface area contributed by atoms with Crippen molar-refractivity contribution in [3.05, 3.63) is 62.0 Å². The zero-order chi connectivity index (χ0) is 14.9. The van der Waals surface area contributed by atoms with Crippen LogP contribution in [0.4, 0.5) is 8.78 Å². The van der Waals surface area contributed by atoms with Gasteiger partial charge in [0, 0.05) is 4.47 Å². The van der Waals surface area contributed by atoms with E-state index in [0.717, 1.165) is 12.1 Å². The van der Waals surface area contributed by atoms with Gasteiger partial charge >= 0.3 is 0 Å². The highest BCUT2D eigenvalue weighted by molar-refractivity contribution is 9.10. The number of rotatable bonds is 3. The van der Waals surface area contributed by atoms with Crippen LogP contribution in [0.1, 0.15) is 17.2 Å². The maximum Gasteiger partial charge on any atom is 0.133 e. The Morgan fingerprint density at radius 3 is 2.20 bits per heavy atom. The van der Waals surface area contributed by atoms with E-state index in [1.165, 1.54) is 7.11 Å². The predicted molar refractivity (Wildman–Crippen MR) is 78.8 cm³/mol. The lowest BCUT2D eigenvalue weighted by Gasteiger charge is -2.15. The van der Waals surface area contributed by atoms with Gasteiger partial charge in [0.2, 0.25) is 0 Å². The van der Waals surface area contributed by atoms with Crippen LogP contribution in [0.5, 0.6) is 5.75 Å². The van der Waals surface area contributed by atoms with Crippen LogP contribution in [0, 0.1) is 11.6 Å². The number of hydrogen-bond donors (Lipinski definition) is 1. The number of benzene rings is 2. The molecule has 2 nitrogen and oxygen atoms in total. The van der Waals surface area contributed by atoms with Crippen molar-refractivity contribution in [2.24, 2.45) is 0 Å². The Morgan fingerprint density at radius 1 is 1.10 bits per heavy atom. The Labute approximate surface area is 131 Å². The van der Waals surface area contributed by atoms with E-state index in [-0.39, 0.29) is 10.0 Å². The smallest absolute Gasteiger partial charge is 0.133 e. The second-order valence-corrected chi connectivity index (χ2v) is 5.85. The first-order chi connectivity index (χ1) is 9.43. The van der Waals surface area contributed by atoms with Crippen molar-refractivity contribution in [3.63, 3.8) is 0 Å². The zero-order valence-corrected chi connectivity index (χ0v) is 13.5. The molecule has 0 saturated heterocycles. The van der Waals surface area contributed by atoms with Crippen molar-refractivity contribution < 1.29 is 18.6 Å². The first kappa shape index (κ1) is 15.4. The van der Waals surface area contributed by atoms with Gasteiger partial charge in [0.05, 0.1) is 17.1 Å². The molecule has 106 valence electrons. The van der Waals surface area contributed by atoms with Crippen molar-refractivity contribution in [2.75, 3.05) is 7.11 Å². The van der Waals surface area contributed by atoms with Gasteiger partial charge in [-0.25, -0.2) is 8.78 Å². The van der Waals surface area contributed by atoms with Gasteiger partial charge in [0.1, 0.15) is 23.5 Å². The molecular formula is C14H10Br2F2O2. The lowest BCUT2D eigenvalue weighted by molar-refractivity contribution is 0.209. The van der Waals surface area contributed by atoms with Gasteiger partial charge in [-0.15, -0.1) is 0 Å². The number of hydrogen-bond acceptors (Lipinski definition) is 2. The van der Waals surface area contributed by atoms with E-state index in [1.54, 1.807) is 18.2 Å². The Kier molecular flexibility index (Phi) is 4.78. The average molecular weight is 408 g/mol. The lowest BCUT2D eigenvalue weighted by atomic mass is 10.0. The zero-order valence-electron chi connectivity index (χ0n) is 10.3. The summed E-state index contributed by atoms with van der Waals surface area (Å²) in [6.45, 7) is 0. The summed E-state index contributed by atoms with van der Waals surface area (Å²) in [4.78, 5) is 0. The molecule has 0 bridgehead atoms. The third-order valence-corrected chi connectivity index (χ3v) is 3.89. The van der Waals surface area contributed by atoms with Gasteiger partial charge in [0.15, 0.2) is 0 Å². The molecule has 0 aliphatic rings. The molecule has 0 saturated carbocycles. The van der Waals surface area contributed by atoms with Crippen molar-refractivity contribution in [2.45, 2.75) is 6.10 Å². The summed E-state index contributed by atoms with van der Waals surface area (Å²) in [5.41, 5.74) is -0.0249. The molecule has 1 N–H and O–H groups in total. The van der Waals surface area contributed by atoms with E-state index >= 15 is 0 Å². The summed E-state index contributed by atoms with van der Waals surface area (Å²) in [7, 11) is 1.50. The predicted octanol–water partition coefficient (Wildman–Crippen LogP) is 4.58. The topological polar surface area (TPSA) is 29.5 Å². The molecule has 0 aromatic heterocycles. The van der Waals surface area contributed by atoms with Crippen LogP contribution in [0.3, 0.4) is 0 Å². The van der Waals surface area contributed by atoms with Crippen LogP contribution in [0.2, 0.25) is 0 Å². The fourth-order valence-corrected chi connectivity index (χ4v) is 2.79. The minimum Gasteiger partial charge on any atom is -0.496 e. The minimum absolute atomic E-state index is 0.277. The second-order valence-electron chi connectivity index (χ2n) is 4.08. The monoisotopic (exact) mass is 406 g/mol. The van der Waals surface area contributed by atoms with Crippen LogP contribution in [-0.2, 0) is 0 Å². The number of methoxy groups -OCH3 is 1. The Hall–Kier alpha value is -0.980. The number of aliphatic hydroxyl groups excluding tert-OH is 1. The van der Waals surface area contributed by atoms with Gasteiger partial charge in [0.25, 0.3) is 0 Å². The third-order valence-electron chi connectivity index (χ3n) is 2.81. The van der Waals surface area contributed by atoms with Crippen LogP contribution in [0.15, 0.2) is 39.3 Å². The van der Waals surface area contributed by atoms with Crippen molar-refractivity contribution in [1.82, 2.24) is 0 Å². The van der Waals surface area contributed by atoms with E-state index in [4.69, 9.17) is 4.74 Å². The van der Waals surface area contributed by atoms with Gasteiger partial charge in [-0.05, 0) is 45.8 Å². The molecule has 1 atom stereocenters. The molecule has 6 heteroatoms. The SMILES string of the molecule is COc1ccc(C(O)c2c(F)cc(Br)cc2F)cc1Br. The Balaban J connectivity index is 2.46. The molecule has 0 aliphatic heterocycles. The summed E-state index contributed by atoms with van der Waals surface area (Å²) >= 11 is 6.26. The summed E-state index contributed by atoms with van der Waals surface area (Å²) < 4.78 is 33.6. The summed E-state index contributed by atoms with van der Waals surface area (Å²) in [6.07, 6.45) is -1.40. The summed E-state index contributed by atoms with van der Waals surface area (Å²) in [6, 6.07) is 6.94. The van der Waals surface area contributed by atoms with Crippen LogP contribution < -0.4 is 4.74 Å². The molecule has 1 unspecified atom stereocenters. The average Bonchev–Trinajstić information content (AvgIpc) is 2.37. The largest absolute Gasteiger partial charge is 0.496 e. The third kappa shape index (κ3) is 3.02. The fraction of sp³-hybridized carbons (Fsp3) is 0.143. The van der Waals surface area contributed by atoms with Crippen molar-refractivity contribution in [1.29, 1.82) is 0 Å². The Bertz CT molecular complexity index is 624. The molecule has 0 fully saturated rings. The van der Waals surface area contributed by atoms with E-state index in [0.29, 0.717) is 15.8 Å². The van der Waals surface area contributed by atoms with E-state index in [2.05, 4.69) is 31.9 Å². The molecular weight excluding hydrogens is 398 g/mol. The van der Waals surface area contributed by atoms with E-state index in [1.807, 2.05) is 0 Å². The first-order valence-electron chi connectivity index (χ1n) is 5.60. The molecule has 0 spiro atoms. The van der Waals surface area contributed by atoms with E-state index in [9.17, 15) is 13.9 Å². The lowest BCUT2D eigenvalue weighted by Crippen LogP contribution is -2.06. The first-order valence-corrected chi connectivity index (χ1v) is 7.18. The minimum atomic E-state index is -1.40. The van der Waals surface area contributed by atoms with E-state index < -0.39 is 17.7 Å². The fourth-order valence-electron chi connectivity index (χ4n) is 1.83. The Morgan fingerprint density at radius 2 is 1.70 bits per heavy atom. The maximum atomic E-state index is 13.8. The van der Waals surface area contributed by atoms with Gasteiger partial charge in [-0.2, -0.15) is 0 Å². The molecule has 0 heterocycles. The number of halogens is 4. The summed E-state index contributed by atoms with van der Waals surface area (Å²) in [5, 5.41) is 10.2. The van der Waals surface area contributed by atoms with Crippen LogP contribution in [0.25, 0.3) is 0 Å². The van der Waals surface area contributed by atoms with Crippen molar-refractivity contribution in [3.8, 4) is 5.75 Å². The van der Waals surface area contributed by atoms with Crippen molar-refractivity contribution >= 4 is 31.9 Å². The van der Waals surface area contributed by atoms with Gasteiger partial charge < -0.3 is 9.84 Å². The van der Waals surface area contributed by atoms with Gasteiger partial charge in [-0.1, -0.05) is 22.0 Å². The summed E-state index contributed by atoms with van der Waals surface area (Å²) in [5.74, 6) is -1.05. The molecule has 2 aromatic carbocycles. The van der Waals surface area contributed by atoms with Crippen LogP contribution >= 0.6 is 31.9 Å². The molecule has 20 heavy (non-hydrogen) atoms. The highest BCUT2D eigenvalue weighted by atomic mass is 79.9. The highest BCUT2D eigenvalue weighted by Crippen LogP contribution is 2.33.